The summed E-state index contributed by atoms with van der Waals surface area (Å²) in [4.78, 5) is 12.9. The molecule has 162 valence electrons. The molecule has 1 aliphatic rings. The number of hydrogen-bond acceptors (Lipinski definition) is 6. The lowest BCUT2D eigenvalue weighted by atomic mass is 10.2. The van der Waals surface area contributed by atoms with Crippen molar-refractivity contribution in [2.75, 3.05) is 50.7 Å². The number of aromatic hydroxyl groups is 1. The third kappa shape index (κ3) is 5.61. The van der Waals surface area contributed by atoms with Gasteiger partial charge in [0.2, 0.25) is 10.0 Å². The number of phenolic OH excluding ortho intramolecular Hbond substituents is 1. The van der Waals surface area contributed by atoms with Crippen LogP contribution in [0, 0.1) is 0 Å². The van der Waals surface area contributed by atoms with Crippen molar-refractivity contribution in [1.82, 2.24) is 19.9 Å². The number of nitrogens with one attached hydrogen (secondary N) is 2. The molecule has 10 heteroatoms. The molecule has 1 saturated heterocycles. The van der Waals surface area contributed by atoms with E-state index in [4.69, 9.17) is 0 Å². The van der Waals surface area contributed by atoms with Crippen LogP contribution in [0.25, 0.3) is 0 Å². The summed E-state index contributed by atoms with van der Waals surface area (Å²) in [5.74, 6) is 1.04. The molecule has 30 heavy (non-hydrogen) atoms. The highest BCUT2D eigenvalue weighted by Crippen LogP contribution is 2.27. The molecule has 0 bridgehead atoms. The molecule has 0 radical (unpaired) electrons. The summed E-state index contributed by atoms with van der Waals surface area (Å²) in [6.45, 7) is 6.26. The fourth-order valence-electron chi connectivity index (χ4n) is 3.25. The van der Waals surface area contributed by atoms with E-state index in [1.165, 1.54) is 18.5 Å². The second kappa shape index (κ2) is 10.3. The van der Waals surface area contributed by atoms with Crippen LogP contribution in [-0.2, 0) is 10.0 Å². The Morgan fingerprint density at radius 3 is 2.60 bits per heavy atom. The maximum atomic E-state index is 12.3. The minimum Gasteiger partial charge on any atom is -0.506 e. The van der Waals surface area contributed by atoms with E-state index in [0.717, 1.165) is 44.4 Å². The van der Waals surface area contributed by atoms with Crippen molar-refractivity contribution >= 4 is 21.7 Å². The Bertz CT molecular complexity index is 944. The van der Waals surface area contributed by atoms with Crippen molar-refractivity contribution in [3.8, 4) is 5.75 Å². The number of guanidine groups is 1. The predicted octanol–water partition coefficient (Wildman–Crippen LogP) is 0.853. The number of aromatic nitrogens is 1. The van der Waals surface area contributed by atoms with Gasteiger partial charge >= 0.3 is 0 Å². The van der Waals surface area contributed by atoms with E-state index < -0.39 is 10.0 Å². The van der Waals surface area contributed by atoms with E-state index in [9.17, 15) is 13.5 Å². The molecule has 1 fully saturated rings. The molecule has 3 N–H and O–H groups in total. The maximum absolute atomic E-state index is 12.3. The topological polar surface area (TPSA) is 110 Å². The van der Waals surface area contributed by atoms with Gasteiger partial charge in [-0.3, -0.25) is 9.98 Å². The predicted molar refractivity (Wildman–Crippen MR) is 117 cm³/mol. The first-order valence-electron chi connectivity index (χ1n) is 9.97. The van der Waals surface area contributed by atoms with Gasteiger partial charge in [0.1, 0.15) is 10.6 Å². The van der Waals surface area contributed by atoms with Gasteiger partial charge in [-0.25, -0.2) is 13.1 Å². The van der Waals surface area contributed by atoms with Crippen LogP contribution in [0.3, 0.4) is 0 Å². The largest absolute Gasteiger partial charge is 0.506 e. The van der Waals surface area contributed by atoms with E-state index in [1.807, 2.05) is 25.1 Å². The Morgan fingerprint density at radius 1 is 1.17 bits per heavy atom. The van der Waals surface area contributed by atoms with Crippen LogP contribution in [0.5, 0.6) is 5.75 Å². The summed E-state index contributed by atoms with van der Waals surface area (Å²) in [6, 6.07) is 10.4. The lowest BCUT2D eigenvalue weighted by Gasteiger charge is -2.37. The molecule has 0 unspecified atom stereocenters. The second-order valence-corrected chi connectivity index (χ2v) is 8.55. The van der Waals surface area contributed by atoms with E-state index in [-0.39, 0.29) is 17.2 Å². The van der Waals surface area contributed by atoms with Gasteiger partial charge in [-0.1, -0.05) is 12.1 Å². The molecule has 1 aromatic carbocycles. The van der Waals surface area contributed by atoms with Crippen LogP contribution < -0.4 is 14.9 Å². The maximum Gasteiger partial charge on any atom is 0.242 e. The van der Waals surface area contributed by atoms with Crippen LogP contribution in [0.1, 0.15) is 6.92 Å². The number of piperazine rings is 1. The van der Waals surface area contributed by atoms with Crippen LogP contribution in [0.4, 0.5) is 5.69 Å². The van der Waals surface area contributed by atoms with Crippen molar-refractivity contribution < 1.29 is 13.5 Å². The number of pyridine rings is 1. The average Bonchev–Trinajstić information content (AvgIpc) is 2.77. The molecular formula is C20H28N6O3S. The molecule has 0 amide bonds. The average molecular weight is 433 g/mol. The zero-order valence-corrected chi connectivity index (χ0v) is 17.8. The molecule has 3 rings (SSSR count). The van der Waals surface area contributed by atoms with Crippen LogP contribution in [-0.4, -0.2) is 75.2 Å². The number of aliphatic imine (C=N–C) groups is 1. The third-order valence-corrected chi connectivity index (χ3v) is 6.19. The second-order valence-electron chi connectivity index (χ2n) is 6.78. The number of anilines is 1. The fraction of sp³-hybridized carbons (Fsp3) is 0.400. The molecule has 0 aliphatic carbocycles. The first-order valence-corrected chi connectivity index (χ1v) is 11.5. The third-order valence-electron chi connectivity index (χ3n) is 4.75. The summed E-state index contributed by atoms with van der Waals surface area (Å²) in [7, 11) is -3.58. The van der Waals surface area contributed by atoms with Gasteiger partial charge in [0.15, 0.2) is 5.96 Å². The lowest BCUT2D eigenvalue weighted by molar-refractivity contribution is 0.370. The summed E-state index contributed by atoms with van der Waals surface area (Å²) in [6.07, 6.45) is 2.85. The van der Waals surface area contributed by atoms with Gasteiger partial charge in [0.25, 0.3) is 0 Å². The number of phenols is 1. The molecule has 1 aliphatic heterocycles. The standard InChI is InChI=1S/C20H28N6O3S/c1-2-22-20(23-10-11-24-30(28,29)17-6-5-9-21-16-17)26-14-12-25(13-15-26)18-7-3-4-8-19(18)27/h3-9,16,24,27H,2,10-15H2,1H3,(H,22,23). The first-order chi connectivity index (χ1) is 14.5. The zero-order valence-electron chi connectivity index (χ0n) is 17.0. The number of hydrogen-bond donors (Lipinski definition) is 3. The van der Waals surface area contributed by atoms with Crippen molar-refractivity contribution in [2.45, 2.75) is 11.8 Å². The zero-order chi connectivity index (χ0) is 21.4. The Kier molecular flexibility index (Phi) is 7.47. The Balaban J connectivity index is 1.54. The van der Waals surface area contributed by atoms with Gasteiger partial charge < -0.3 is 20.2 Å². The molecule has 0 spiro atoms. The first kappa shape index (κ1) is 21.8. The Morgan fingerprint density at radius 2 is 1.93 bits per heavy atom. The van der Waals surface area contributed by atoms with Crippen molar-refractivity contribution in [2.24, 2.45) is 4.99 Å². The molecule has 0 saturated carbocycles. The number of sulfonamides is 1. The monoisotopic (exact) mass is 432 g/mol. The minimum absolute atomic E-state index is 0.140. The van der Waals surface area contributed by atoms with Crippen molar-refractivity contribution in [1.29, 1.82) is 0 Å². The SMILES string of the molecule is CCNC(=NCCNS(=O)(=O)c1cccnc1)N1CCN(c2ccccc2O)CC1. The molecule has 2 aromatic rings. The number of benzene rings is 1. The number of para-hydroxylation sites is 2. The Labute approximate surface area is 177 Å². The van der Waals surface area contributed by atoms with E-state index in [1.54, 1.807) is 12.1 Å². The Hall–Kier alpha value is -2.85. The minimum atomic E-state index is -3.58. The highest BCUT2D eigenvalue weighted by Gasteiger charge is 2.21. The van der Waals surface area contributed by atoms with Crippen LogP contribution >= 0.6 is 0 Å². The molecule has 9 nitrogen and oxygen atoms in total. The van der Waals surface area contributed by atoms with Gasteiger partial charge in [0.05, 0.1) is 12.2 Å². The fourth-order valence-corrected chi connectivity index (χ4v) is 4.23. The number of rotatable bonds is 7. The smallest absolute Gasteiger partial charge is 0.242 e. The van der Waals surface area contributed by atoms with Crippen molar-refractivity contribution in [3.63, 3.8) is 0 Å². The van der Waals surface area contributed by atoms with Crippen LogP contribution in [0.2, 0.25) is 0 Å². The molecular weight excluding hydrogens is 404 g/mol. The van der Waals surface area contributed by atoms with Crippen LogP contribution in [0.15, 0.2) is 58.7 Å². The lowest BCUT2D eigenvalue weighted by Crippen LogP contribution is -2.52. The molecule has 1 aromatic heterocycles. The van der Waals surface area contributed by atoms with E-state index in [2.05, 4.69) is 29.8 Å². The van der Waals surface area contributed by atoms with Gasteiger partial charge in [-0.2, -0.15) is 0 Å². The van der Waals surface area contributed by atoms with Gasteiger partial charge in [-0.15, -0.1) is 0 Å². The summed E-state index contributed by atoms with van der Waals surface area (Å²) >= 11 is 0. The highest BCUT2D eigenvalue weighted by atomic mass is 32.2. The summed E-state index contributed by atoms with van der Waals surface area (Å²) in [5, 5.41) is 13.3. The summed E-state index contributed by atoms with van der Waals surface area (Å²) < 4.78 is 27.1. The summed E-state index contributed by atoms with van der Waals surface area (Å²) in [5.41, 5.74) is 0.837. The van der Waals surface area contributed by atoms with E-state index >= 15 is 0 Å². The molecule has 0 atom stereocenters. The highest BCUT2D eigenvalue weighted by molar-refractivity contribution is 7.89. The van der Waals surface area contributed by atoms with Gasteiger partial charge in [0, 0.05) is 51.7 Å². The number of nitrogens with zero attached hydrogens (tertiary/aromatic N) is 4. The molecule has 2 heterocycles. The van der Waals surface area contributed by atoms with E-state index in [0.29, 0.717) is 6.54 Å². The quantitative estimate of drug-likeness (QED) is 0.338. The van der Waals surface area contributed by atoms with Gasteiger partial charge in [-0.05, 0) is 31.2 Å². The normalized spacial score (nSPS) is 15.3. The van der Waals surface area contributed by atoms with Crippen molar-refractivity contribution in [3.05, 3.63) is 48.8 Å².